The van der Waals surface area contributed by atoms with E-state index in [4.69, 9.17) is 10.8 Å². The van der Waals surface area contributed by atoms with Crippen LogP contribution in [-0.4, -0.2) is 54.8 Å². The predicted molar refractivity (Wildman–Crippen MR) is 49.0 cm³/mol. The van der Waals surface area contributed by atoms with E-state index in [1.807, 2.05) is 0 Å². The molecule has 0 aliphatic carbocycles. The molecular formula is C6H13InN2O4. The molecule has 0 bridgehead atoms. The normalized spacial score (nSPS) is 10.8. The zero-order valence-electron chi connectivity index (χ0n) is 6.53. The topological polar surface area (TPSA) is 109 Å². The Labute approximate surface area is 93.6 Å². The number of primary amides is 1. The third kappa shape index (κ3) is 7.63. The number of nitrogens with one attached hydrogen (secondary N) is 1. The molecule has 13 heavy (non-hydrogen) atoms. The van der Waals surface area contributed by atoms with Gasteiger partial charge >= 0.3 is 31.8 Å². The van der Waals surface area contributed by atoms with Crippen molar-refractivity contribution in [1.29, 1.82) is 0 Å². The van der Waals surface area contributed by atoms with Crippen LogP contribution in [0.1, 0.15) is 13.3 Å². The number of amides is 2. The number of nitrogens with two attached hydrogens (primary N) is 1. The molecule has 0 spiro atoms. The molecular weight excluding hydrogens is 279 g/mol. The molecule has 0 aliphatic rings. The van der Waals surface area contributed by atoms with Crippen molar-refractivity contribution in [2.45, 2.75) is 19.4 Å². The van der Waals surface area contributed by atoms with Crippen molar-refractivity contribution >= 4 is 43.6 Å². The van der Waals surface area contributed by atoms with Crippen LogP contribution in [0.4, 0.5) is 0 Å². The van der Waals surface area contributed by atoms with Gasteiger partial charge < -0.3 is 16.2 Å². The molecule has 0 aliphatic heterocycles. The molecule has 4 N–H and O–H groups in total. The van der Waals surface area contributed by atoms with Crippen molar-refractivity contribution in [1.82, 2.24) is 5.32 Å². The minimum absolute atomic E-state index is 0. The van der Waals surface area contributed by atoms with E-state index in [1.54, 1.807) is 0 Å². The molecule has 0 heterocycles. The second-order valence-electron chi connectivity index (χ2n) is 2.26. The fourth-order valence-corrected chi connectivity index (χ4v) is 0.647. The van der Waals surface area contributed by atoms with Gasteiger partial charge in [0.2, 0.25) is 11.8 Å². The molecule has 74 valence electrons. The van der Waals surface area contributed by atoms with Crippen molar-refractivity contribution in [2.75, 3.05) is 0 Å². The van der Waals surface area contributed by atoms with E-state index >= 15 is 0 Å². The first kappa shape index (κ1) is 14.8. The quantitative estimate of drug-likeness (QED) is 0.522. The molecule has 0 aromatic heterocycles. The minimum atomic E-state index is -1.27. The summed E-state index contributed by atoms with van der Waals surface area (Å²) in [5.74, 6) is -2.55. The van der Waals surface area contributed by atoms with Gasteiger partial charge in [-0.25, -0.2) is 4.79 Å². The summed E-state index contributed by atoms with van der Waals surface area (Å²) in [5, 5.41) is 10.5. The first-order chi connectivity index (χ1) is 5.43. The van der Waals surface area contributed by atoms with E-state index in [0.29, 0.717) is 0 Å². The van der Waals surface area contributed by atoms with Gasteiger partial charge in [-0.3, -0.25) is 9.59 Å². The Bertz CT molecular complexity index is 203. The Kier molecular flexibility index (Phi) is 7.69. The number of carboxylic acids is 1. The molecule has 6 nitrogen and oxygen atoms in total. The number of aliphatic carboxylic acids is 1. The summed E-state index contributed by atoms with van der Waals surface area (Å²) < 4.78 is 0. The molecule has 7 heteroatoms. The standard InChI is InChI=1S/C6H10N2O4.In.3H/c1-3(9)8-4(6(11)12)2-5(7)10;;;;/h4H,2H2,1H3,(H2,7,10)(H,8,9)(H,11,12);;;;/t4-;;;;/m0..../s1. The van der Waals surface area contributed by atoms with Crippen LogP contribution < -0.4 is 11.1 Å². The average molecular weight is 292 g/mol. The number of hydrogen-bond acceptors (Lipinski definition) is 3. The van der Waals surface area contributed by atoms with Gasteiger partial charge in [-0.2, -0.15) is 0 Å². The number of rotatable bonds is 4. The van der Waals surface area contributed by atoms with Crippen LogP contribution in [0.5, 0.6) is 0 Å². The molecule has 0 saturated carbocycles. The summed E-state index contributed by atoms with van der Waals surface area (Å²) in [6.07, 6.45) is -0.394. The van der Waals surface area contributed by atoms with Crippen LogP contribution in [0.2, 0.25) is 0 Å². The molecule has 2 amide bonds. The molecule has 0 radical (unpaired) electrons. The first-order valence-corrected chi connectivity index (χ1v) is 3.21. The van der Waals surface area contributed by atoms with Crippen molar-refractivity contribution in [3.05, 3.63) is 0 Å². The summed E-state index contributed by atoms with van der Waals surface area (Å²) in [4.78, 5) is 31.1. The van der Waals surface area contributed by atoms with E-state index in [9.17, 15) is 14.4 Å². The van der Waals surface area contributed by atoms with Gasteiger partial charge in [0.1, 0.15) is 6.04 Å². The Hall–Kier alpha value is -0.720. The van der Waals surface area contributed by atoms with E-state index in [1.165, 1.54) is 0 Å². The first-order valence-electron chi connectivity index (χ1n) is 3.21. The van der Waals surface area contributed by atoms with Crippen LogP contribution in [0.25, 0.3) is 0 Å². The van der Waals surface area contributed by atoms with Crippen molar-refractivity contribution in [3.63, 3.8) is 0 Å². The third-order valence-electron chi connectivity index (χ3n) is 1.08. The Morgan fingerprint density at radius 2 is 1.92 bits per heavy atom. The molecule has 0 unspecified atom stereocenters. The second kappa shape index (κ2) is 6.76. The van der Waals surface area contributed by atoms with E-state index in [-0.39, 0.29) is 25.8 Å². The summed E-state index contributed by atoms with van der Waals surface area (Å²) in [7, 11) is 0. The molecule has 0 aromatic rings. The zero-order chi connectivity index (χ0) is 9.72. The van der Waals surface area contributed by atoms with Crippen molar-refractivity contribution in [2.24, 2.45) is 5.73 Å². The van der Waals surface area contributed by atoms with E-state index in [0.717, 1.165) is 6.92 Å². The Morgan fingerprint density at radius 3 is 2.15 bits per heavy atom. The van der Waals surface area contributed by atoms with Crippen LogP contribution in [0.15, 0.2) is 0 Å². The maximum atomic E-state index is 10.4. The summed E-state index contributed by atoms with van der Waals surface area (Å²) >= 11 is 0. The van der Waals surface area contributed by atoms with Crippen LogP contribution in [-0.2, 0) is 14.4 Å². The fourth-order valence-electron chi connectivity index (χ4n) is 0.647. The SMILES string of the molecule is CC(=O)N[C@@H](CC(N)=O)C(=O)O.[InH3]. The van der Waals surface area contributed by atoms with Gasteiger partial charge in [0.15, 0.2) is 0 Å². The fraction of sp³-hybridized carbons (Fsp3) is 0.500. The molecule has 1 atom stereocenters. The maximum absolute atomic E-state index is 10.4. The summed E-state index contributed by atoms with van der Waals surface area (Å²) in [5.41, 5.74) is 4.75. The molecule has 0 fully saturated rings. The number of carbonyl (C=O) groups excluding carboxylic acids is 2. The van der Waals surface area contributed by atoms with Crippen molar-refractivity contribution in [3.8, 4) is 0 Å². The number of hydrogen-bond donors (Lipinski definition) is 3. The van der Waals surface area contributed by atoms with Crippen LogP contribution >= 0.6 is 0 Å². The van der Waals surface area contributed by atoms with Gasteiger partial charge in [-0.15, -0.1) is 0 Å². The third-order valence-corrected chi connectivity index (χ3v) is 1.08. The van der Waals surface area contributed by atoms with E-state index in [2.05, 4.69) is 5.32 Å². The summed E-state index contributed by atoms with van der Waals surface area (Å²) in [6.45, 7) is 1.16. The Balaban J connectivity index is 0. The second-order valence-corrected chi connectivity index (χ2v) is 2.26. The van der Waals surface area contributed by atoms with Gasteiger partial charge in [0.05, 0.1) is 6.42 Å². The van der Waals surface area contributed by atoms with E-state index < -0.39 is 30.2 Å². The average Bonchev–Trinajstić information content (AvgIpc) is 1.83. The Morgan fingerprint density at radius 1 is 1.46 bits per heavy atom. The number of carbonyl (C=O) groups is 3. The zero-order valence-corrected chi connectivity index (χ0v) is 6.53. The van der Waals surface area contributed by atoms with Crippen LogP contribution in [0.3, 0.4) is 0 Å². The van der Waals surface area contributed by atoms with Crippen molar-refractivity contribution < 1.29 is 19.5 Å². The monoisotopic (exact) mass is 292 g/mol. The van der Waals surface area contributed by atoms with Gasteiger partial charge in [0, 0.05) is 6.92 Å². The number of carboxylic acid groups (broad SMARTS) is 1. The molecule has 0 saturated heterocycles. The van der Waals surface area contributed by atoms with Gasteiger partial charge in [0.25, 0.3) is 0 Å². The van der Waals surface area contributed by atoms with Gasteiger partial charge in [-0.1, -0.05) is 0 Å². The molecule has 0 aromatic carbocycles. The predicted octanol–water partition coefficient (Wildman–Crippen LogP) is -2.73. The van der Waals surface area contributed by atoms with Gasteiger partial charge in [-0.05, 0) is 0 Å². The van der Waals surface area contributed by atoms with Crippen LogP contribution in [0, 0.1) is 0 Å². The molecule has 0 rings (SSSR count). The summed E-state index contributed by atoms with van der Waals surface area (Å²) in [6, 6.07) is -1.22.